The van der Waals surface area contributed by atoms with Crippen LogP contribution in [0.1, 0.15) is 29.7 Å². The maximum Gasteiger partial charge on any atom is 0.255 e. The molecule has 1 aromatic heterocycles. The minimum absolute atomic E-state index is 0.0604. The minimum Gasteiger partial charge on any atom is -0.508 e. The maximum atomic E-state index is 13.5. The molecule has 0 aliphatic heterocycles. The smallest absolute Gasteiger partial charge is 0.255 e. The van der Waals surface area contributed by atoms with Crippen LogP contribution in [-0.2, 0) is 20.8 Å². The third-order valence-corrected chi connectivity index (χ3v) is 7.17. The van der Waals surface area contributed by atoms with E-state index in [1.54, 1.807) is 12.3 Å². The number of amides is 1. The molecule has 3 atom stereocenters. The van der Waals surface area contributed by atoms with E-state index in [0.29, 0.717) is 5.56 Å². The van der Waals surface area contributed by atoms with E-state index in [0.717, 1.165) is 16.8 Å². The Hall–Kier alpha value is -3.98. The van der Waals surface area contributed by atoms with Crippen molar-refractivity contribution in [1.29, 1.82) is 0 Å². The molecule has 0 saturated heterocycles. The first-order chi connectivity index (χ1) is 16.1. The molecule has 0 radical (unpaired) electrons. The predicted octanol–water partition coefficient (Wildman–Crippen LogP) is 1.79. The number of rotatable bonds is 2. The molecule has 174 valence electrons. The van der Waals surface area contributed by atoms with Crippen LogP contribution in [-0.4, -0.2) is 48.5 Å². The number of primary amides is 1. The fourth-order valence-corrected chi connectivity index (χ4v) is 5.52. The zero-order valence-electron chi connectivity index (χ0n) is 18.2. The Bertz CT molecular complexity index is 1360. The lowest BCUT2D eigenvalue weighted by Crippen LogP contribution is -2.58. The second-order valence-electron chi connectivity index (χ2n) is 9.08. The number of aliphatic hydroxyl groups excluding tert-OH is 2. The highest BCUT2D eigenvalue weighted by atomic mass is 16.3. The van der Waals surface area contributed by atoms with Crippen LogP contribution < -0.4 is 5.73 Å². The fraction of sp³-hybridized carbons (Fsp3) is 0.280. The standard InChI is InChI=1S/C25H22N2O7/c1-10-2-3-11(9-27-10)14-4-5-16(28)19-15(14)7-12-6-13-8-17(29)20(24(26)33)23(32)25(13,34)22(31)18(12)21(19)30/h2-5,9,12-13,28,30,32,34H,6-8H2,1H3,(H2,26,33)/t12-,13+,25+/m1/s1. The van der Waals surface area contributed by atoms with E-state index in [-0.39, 0.29) is 36.1 Å². The Kier molecular flexibility index (Phi) is 4.66. The number of nitrogens with two attached hydrogens (primary N) is 1. The number of aliphatic hydroxyl groups is 3. The number of phenols is 1. The molecule has 2 aromatic rings. The molecule has 0 bridgehead atoms. The SMILES string of the molecule is Cc1ccc(-c2ccc(O)c3c2C[C@H]2C[C@H]4CC(=O)C(C(N)=O)=C(O)[C@@]4(O)C(=O)C2=C3O)cn1. The number of aromatic nitrogens is 1. The van der Waals surface area contributed by atoms with Crippen LogP contribution in [0.5, 0.6) is 5.75 Å². The highest BCUT2D eigenvalue weighted by molar-refractivity contribution is 6.22. The largest absolute Gasteiger partial charge is 0.508 e. The van der Waals surface area contributed by atoms with Gasteiger partial charge in [0.15, 0.2) is 11.4 Å². The summed E-state index contributed by atoms with van der Waals surface area (Å²) in [7, 11) is 0. The van der Waals surface area contributed by atoms with Crippen molar-refractivity contribution in [3.8, 4) is 16.9 Å². The third-order valence-electron chi connectivity index (χ3n) is 7.17. The van der Waals surface area contributed by atoms with Crippen molar-refractivity contribution in [3.63, 3.8) is 0 Å². The molecule has 1 fully saturated rings. The Balaban J connectivity index is 1.70. The number of Topliss-reactive ketones (excluding diaryl/α,β-unsaturated/α-hetero) is 2. The topological polar surface area (TPSA) is 171 Å². The number of ketones is 2. The van der Waals surface area contributed by atoms with Gasteiger partial charge in [0.05, 0.1) is 5.56 Å². The van der Waals surface area contributed by atoms with E-state index in [9.17, 15) is 34.8 Å². The molecule has 9 heteroatoms. The number of hydrogen-bond acceptors (Lipinski definition) is 8. The lowest BCUT2D eigenvalue weighted by Gasteiger charge is -2.46. The summed E-state index contributed by atoms with van der Waals surface area (Å²) < 4.78 is 0. The molecule has 1 heterocycles. The summed E-state index contributed by atoms with van der Waals surface area (Å²) in [6.45, 7) is 1.85. The van der Waals surface area contributed by atoms with Crippen LogP contribution in [0.2, 0.25) is 0 Å². The predicted molar refractivity (Wildman–Crippen MR) is 119 cm³/mol. The number of benzene rings is 1. The third kappa shape index (κ3) is 2.83. The molecule has 1 saturated carbocycles. The molecule has 3 aliphatic carbocycles. The van der Waals surface area contributed by atoms with Gasteiger partial charge in [0, 0.05) is 35.4 Å². The summed E-state index contributed by atoms with van der Waals surface area (Å²) in [4.78, 5) is 42.0. The van der Waals surface area contributed by atoms with Gasteiger partial charge in [-0.2, -0.15) is 0 Å². The van der Waals surface area contributed by atoms with Gasteiger partial charge in [-0.1, -0.05) is 12.1 Å². The van der Waals surface area contributed by atoms with Crippen LogP contribution in [0.15, 0.2) is 47.4 Å². The monoisotopic (exact) mass is 462 g/mol. The molecule has 0 unspecified atom stereocenters. The number of hydrogen-bond donors (Lipinski definition) is 5. The Morgan fingerprint density at radius 3 is 2.50 bits per heavy atom. The van der Waals surface area contributed by atoms with Gasteiger partial charge in [-0.15, -0.1) is 0 Å². The average molecular weight is 462 g/mol. The summed E-state index contributed by atoms with van der Waals surface area (Å²) in [6, 6.07) is 6.81. The summed E-state index contributed by atoms with van der Waals surface area (Å²) >= 11 is 0. The van der Waals surface area contributed by atoms with Gasteiger partial charge in [0.2, 0.25) is 5.78 Å². The van der Waals surface area contributed by atoms with Crippen molar-refractivity contribution >= 4 is 23.2 Å². The average Bonchev–Trinajstić information content (AvgIpc) is 2.77. The first-order valence-electron chi connectivity index (χ1n) is 10.8. The van der Waals surface area contributed by atoms with Crippen LogP contribution >= 0.6 is 0 Å². The summed E-state index contributed by atoms with van der Waals surface area (Å²) in [5.41, 5.74) is 4.63. The van der Waals surface area contributed by atoms with Crippen molar-refractivity contribution in [2.75, 3.05) is 0 Å². The van der Waals surface area contributed by atoms with Gasteiger partial charge in [0.25, 0.3) is 5.91 Å². The van der Waals surface area contributed by atoms with Gasteiger partial charge >= 0.3 is 0 Å². The lowest BCUT2D eigenvalue weighted by molar-refractivity contribution is -0.147. The number of carbonyl (C=O) groups excluding carboxylic acids is 3. The number of carbonyl (C=O) groups is 3. The van der Waals surface area contributed by atoms with Crippen molar-refractivity contribution in [2.24, 2.45) is 17.6 Å². The second kappa shape index (κ2) is 7.26. The fourth-order valence-electron chi connectivity index (χ4n) is 5.52. The molecule has 6 N–H and O–H groups in total. The van der Waals surface area contributed by atoms with Gasteiger partial charge < -0.3 is 26.2 Å². The van der Waals surface area contributed by atoms with E-state index < -0.39 is 52.0 Å². The molecule has 9 nitrogen and oxygen atoms in total. The summed E-state index contributed by atoms with van der Waals surface area (Å²) in [6.07, 6.45) is 1.66. The molecule has 34 heavy (non-hydrogen) atoms. The van der Waals surface area contributed by atoms with Crippen LogP contribution in [0.3, 0.4) is 0 Å². The van der Waals surface area contributed by atoms with E-state index in [1.165, 1.54) is 6.07 Å². The number of phenolic OH excluding ortho intramolecular Hbond substituents is 1. The number of nitrogens with zero attached hydrogens (tertiary/aromatic N) is 1. The summed E-state index contributed by atoms with van der Waals surface area (Å²) in [5.74, 6) is -6.43. The Labute approximate surface area is 193 Å². The molecule has 1 amide bonds. The van der Waals surface area contributed by atoms with Crippen molar-refractivity contribution in [3.05, 3.63) is 64.2 Å². The highest BCUT2D eigenvalue weighted by Gasteiger charge is 2.60. The molecular weight excluding hydrogens is 440 g/mol. The lowest BCUT2D eigenvalue weighted by atomic mass is 9.59. The quantitative estimate of drug-likeness (QED) is 0.420. The number of aromatic hydroxyl groups is 1. The van der Waals surface area contributed by atoms with E-state index in [4.69, 9.17) is 5.73 Å². The summed E-state index contributed by atoms with van der Waals surface area (Å²) in [5, 5.41) is 43.6. The van der Waals surface area contributed by atoms with Crippen molar-refractivity contribution in [2.45, 2.75) is 31.8 Å². The van der Waals surface area contributed by atoms with Crippen LogP contribution in [0.4, 0.5) is 0 Å². The van der Waals surface area contributed by atoms with Crippen molar-refractivity contribution < 1.29 is 34.8 Å². The van der Waals surface area contributed by atoms with Gasteiger partial charge in [-0.3, -0.25) is 19.4 Å². The zero-order valence-corrected chi connectivity index (χ0v) is 18.2. The molecule has 3 aliphatic rings. The normalized spacial score (nSPS) is 26.2. The number of fused-ring (bicyclic) bond motifs is 3. The van der Waals surface area contributed by atoms with E-state index in [1.807, 2.05) is 19.1 Å². The minimum atomic E-state index is -2.57. The molecule has 5 rings (SSSR count). The Morgan fingerprint density at radius 1 is 1.12 bits per heavy atom. The van der Waals surface area contributed by atoms with E-state index >= 15 is 0 Å². The molecular formula is C25H22N2O7. The molecule has 0 spiro atoms. The maximum absolute atomic E-state index is 13.5. The van der Waals surface area contributed by atoms with Gasteiger partial charge in [0.1, 0.15) is 22.8 Å². The first-order valence-corrected chi connectivity index (χ1v) is 10.8. The van der Waals surface area contributed by atoms with Gasteiger partial charge in [-0.25, -0.2) is 0 Å². The second-order valence-corrected chi connectivity index (χ2v) is 9.08. The number of pyridine rings is 1. The zero-order chi connectivity index (χ0) is 24.5. The van der Waals surface area contributed by atoms with Crippen LogP contribution in [0, 0.1) is 18.8 Å². The molecule has 1 aromatic carbocycles. The van der Waals surface area contributed by atoms with E-state index in [2.05, 4.69) is 4.98 Å². The van der Waals surface area contributed by atoms with Gasteiger partial charge in [-0.05, 0) is 48.9 Å². The van der Waals surface area contributed by atoms with Crippen LogP contribution in [0.25, 0.3) is 16.9 Å². The van der Waals surface area contributed by atoms with Crippen molar-refractivity contribution in [1.82, 2.24) is 4.98 Å². The highest BCUT2D eigenvalue weighted by Crippen LogP contribution is 2.52. The first kappa shape index (κ1) is 21.8. The number of aryl methyl sites for hydroxylation is 1. The Morgan fingerprint density at radius 2 is 1.85 bits per heavy atom.